The molecule has 0 aliphatic heterocycles. The molecule has 0 saturated carbocycles. The summed E-state index contributed by atoms with van der Waals surface area (Å²) in [6.45, 7) is 0. The molecular formula is C9H11NO2Se. The van der Waals surface area contributed by atoms with Gasteiger partial charge < -0.3 is 0 Å². The number of pyridine rings is 1. The van der Waals surface area contributed by atoms with Gasteiger partial charge in [-0.1, -0.05) is 0 Å². The third kappa shape index (κ3) is 4.65. The summed E-state index contributed by atoms with van der Waals surface area (Å²) in [5.41, 5.74) is 0. The Morgan fingerprint density at radius 2 is 2.38 bits per heavy atom. The first-order valence-corrected chi connectivity index (χ1v) is 6.11. The molecule has 3 nitrogen and oxygen atoms in total. The topological polar surface area (TPSA) is 50.2 Å². The summed E-state index contributed by atoms with van der Waals surface area (Å²) in [6, 6.07) is 5.83. The molecule has 1 aromatic heterocycles. The van der Waals surface area contributed by atoms with Crippen LogP contribution >= 0.6 is 0 Å². The Hall–Kier alpha value is -0.861. The van der Waals surface area contributed by atoms with Crippen LogP contribution in [0.2, 0.25) is 5.32 Å². The van der Waals surface area contributed by atoms with Crippen molar-refractivity contribution in [2.24, 2.45) is 0 Å². The molecule has 1 N–H and O–H groups in total. The average molecular weight is 244 g/mol. The molecule has 0 radical (unpaired) electrons. The third-order valence-corrected chi connectivity index (χ3v) is 3.58. The number of carboxylic acids is 1. The summed E-state index contributed by atoms with van der Waals surface area (Å²) in [7, 11) is 0. The van der Waals surface area contributed by atoms with Crippen LogP contribution < -0.4 is 4.59 Å². The first-order valence-electron chi connectivity index (χ1n) is 4.04. The van der Waals surface area contributed by atoms with Crippen molar-refractivity contribution < 1.29 is 9.90 Å². The van der Waals surface area contributed by atoms with Crippen molar-refractivity contribution in [1.82, 2.24) is 4.98 Å². The number of carbonyl (C=O) groups is 1. The van der Waals surface area contributed by atoms with Crippen molar-refractivity contribution >= 4 is 25.5 Å². The number of aromatic nitrogens is 1. The first-order chi connectivity index (χ1) is 6.29. The van der Waals surface area contributed by atoms with Gasteiger partial charge in [0.2, 0.25) is 0 Å². The molecule has 70 valence electrons. The van der Waals surface area contributed by atoms with Crippen LogP contribution in [0.1, 0.15) is 12.8 Å². The maximum absolute atomic E-state index is 10.2. The Kier molecular flexibility index (Phi) is 4.50. The van der Waals surface area contributed by atoms with Crippen molar-refractivity contribution in [2.45, 2.75) is 18.2 Å². The van der Waals surface area contributed by atoms with Crippen molar-refractivity contribution in [1.29, 1.82) is 0 Å². The van der Waals surface area contributed by atoms with Gasteiger partial charge in [-0.25, -0.2) is 0 Å². The quantitative estimate of drug-likeness (QED) is 0.612. The van der Waals surface area contributed by atoms with E-state index < -0.39 is 5.97 Å². The molecule has 0 atom stereocenters. The summed E-state index contributed by atoms with van der Waals surface area (Å²) < 4.78 is 1.10. The monoisotopic (exact) mass is 245 g/mol. The van der Waals surface area contributed by atoms with E-state index in [0.29, 0.717) is 15.0 Å². The zero-order chi connectivity index (χ0) is 9.52. The SMILES string of the molecule is O=C(O)CCC[Se]c1ccccn1. The average Bonchev–Trinajstić information content (AvgIpc) is 2.14. The fourth-order valence-corrected chi connectivity index (χ4v) is 2.53. The van der Waals surface area contributed by atoms with Crippen LogP contribution in [0.25, 0.3) is 0 Å². The molecular weight excluding hydrogens is 233 g/mol. The van der Waals surface area contributed by atoms with Gasteiger partial charge in [0.25, 0.3) is 0 Å². The Morgan fingerprint density at radius 3 is 3.00 bits per heavy atom. The van der Waals surface area contributed by atoms with Crippen molar-refractivity contribution in [2.75, 3.05) is 0 Å². The van der Waals surface area contributed by atoms with Gasteiger partial charge in [0.05, 0.1) is 0 Å². The summed E-state index contributed by atoms with van der Waals surface area (Å²) in [5.74, 6) is -0.711. The van der Waals surface area contributed by atoms with Crippen LogP contribution in [0.15, 0.2) is 24.4 Å². The molecule has 13 heavy (non-hydrogen) atoms. The molecule has 1 aromatic rings. The normalized spacial score (nSPS) is 9.85. The van der Waals surface area contributed by atoms with Crippen LogP contribution in [0.5, 0.6) is 0 Å². The first kappa shape index (κ1) is 10.2. The molecule has 1 rings (SSSR count). The predicted molar refractivity (Wildman–Crippen MR) is 51.3 cm³/mol. The van der Waals surface area contributed by atoms with E-state index >= 15 is 0 Å². The Balaban J connectivity index is 2.17. The fourth-order valence-electron chi connectivity index (χ4n) is 0.833. The zero-order valence-electron chi connectivity index (χ0n) is 7.14. The number of carboxylic acid groups (broad SMARTS) is 1. The van der Waals surface area contributed by atoms with E-state index in [1.165, 1.54) is 0 Å². The van der Waals surface area contributed by atoms with Gasteiger partial charge in [0.15, 0.2) is 0 Å². The molecule has 0 aromatic carbocycles. The summed E-state index contributed by atoms with van der Waals surface area (Å²) in [6.07, 6.45) is 2.80. The number of aliphatic carboxylic acids is 1. The van der Waals surface area contributed by atoms with E-state index in [4.69, 9.17) is 5.11 Å². The van der Waals surface area contributed by atoms with Gasteiger partial charge in [-0.3, -0.25) is 0 Å². The van der Waals surface area contributed by atoms with Crippen molar-refractivity contribution in [3.8, 4) is 0 Å². The molecule has 4 heteroatoms. The van der Waals surface area contributed by atoms with Gasteiger partial charge in [-0.05, 0) is 0 Å². The number of rotatable bonds is 5. The second-order valence-electron chi connectivity index (χ2n) is 2.51. The van der Waals surface area contributed by atoms with Crippen LogP contribution in [0.3, 0.4) is 0 Å². The molecule has 0 aliphatic carbocycles. The van der Waals surface area contributed by atoms with E-state index in [0.717, 1.165) is 16.3 Å². The van der Waals surface area contributed by atoms with Crippen molar-refractivity contribution in [3.63, 3.8) is 0 Å². The molecule has 0 bridgehead atoms. The third-order valence-electron chi connectivity index (χ3n) is 1.42. The van der Waals surface area contributed by atoms with Gasteiger partial charge >= 0.3 is 83.0 Å². The second-order valence-corrected chi connectivity index (χ2v) is 4.85. The number of hydrogen-bond donors (Lipinski definition) is 1. The molecule has 0 saturated heterocycles. The maximum atomic E-state index is 10.2. The zero-order valence-corrected chi connectivity index (χ0v) is 8.85. The Bertz CT molecular complexity index is 264. The van der Waals surface area contributed by atoms with Gasteiger partial charge in [-0.2, -0.15) is 0 Å². The van der Waals surface area contributed by atoms with E-state index in [1.54, 1.807) is 6.20 Å². The van der Waals surface area contributed by atoms with Gasteiger partial charge in [-0.15, -0.1) is 0 Å². The molecule has 0 unspecified atom stereocenters. The number of nitrogens with zero attached hydrogens (tertiary/aromatic N) is 1. The Morgan fingerprint density at radius 1 is 1.54 bits per heavy atom. The summed E-state index contributed by atoms with van der Waals surface area (Å²) in [5, 5.41) is 9.36. The molecule has 1 heterocycles. The Labute approximate surface area is 83.3 Å². The van der Waals surface area contributed by atoms with Crippen LogP contribution in [-0.4, -0.2) is 31.0 Å². The van der Waals surface area contributed by atoms with Crippen LogP contribution in [-0.2, 0) is 4.79 Å². The van der Waals surface area contributed by atoms with Gasteiger partial charge in [0, 0.05) is 0 Å². The fraction of sp³-hybridized carbons (Fsp3) is 0.333. The predicted octanol–water partition coefficient (Wildman–Crippen LogP) is 0.694. The van der Waals surface area contributed by atoms with Crippen molar-refractivity contribution in [3.05, 3.63) is 24.4 Å². The van der Waals surface area contributed by atoms with Crippen LogP contribution in [0, 0.1) is 0 Å². The molecule has 0 aliphatic rings. The summed E-state index contributed by atoms with van der Waals surface area (Å²) >= 11 is 0.330. The summed E-state index contributed by atoms with van der Waals surface area (Å²) in [4.78, 5) is 14.4. The van der Waals surface area contributed by atoms with Gasteiger partial charge in [0.1, 0.15) is 0 Å². The molecule has 0 spiro atoms. The van der Waals surface area contributed by atoms with E-state index in [-0.39, 0.29) is 6.42 Å². The van der Waals surface area contributed by atoms with E-state index in [2.05, 4.69) is 4.98 Å². The number of hydrogen-bond acceptors (Lipinski definition) is 2. The van der Waals surface area contributed by atoms with E-state index in [9.17, 15) is 4.79 Å². The minimum atomic E-state index is -0.711. The van der Waals surface area contributed by atoms with Crippen LogP contribution in [0.4, 0.5) is 0 Å². The standard InChI is InChI=1S/C9H11NO2Se/c11-9(12)5-3-7-13-8-4-1-2-6-10-8/h1-2,4,6H,3,5,7H2,(H,11,12). The van der Waals surface area contributed by atoms with E-state index in [1.807, 2.05) is 18.2 Å². The molecule has 0 amide bonds. The minimum absolute atomic E-state index is 0.272. The second kappa shape index (κ2) is 5.73. The molecule has 0 fully saturated rings.